The quantitative estimate of drug-likeness (QED) is 0.555. The van der Waals surface area contributed by atoms with Gasteiger partial charge in [0.2, 0.25) is 0 Å². The molecule has 4 fully saturated rings. The lowest BCUT2D eigenvalue weighted by molar-refractivity contribution is -0.0117. The van der Waals surface area contributed by atoms with Crippen molar-refractivity contribution in [1.29, 1.82) is 0 Å². The molecule has 0 bridgehead atoms. The number of fused-ring (bicyclic) bond motifs is 2. The summed E-state index contributed by atoms with van der Waals surface area (Å²) in [5, 5.41) is 0. The van der Waals surface area contributed by atoms with E-state index in [1.54, 1.807) is 0 Å². The molecule has 4 rings (SSSR count). The molecule has 6 heteroatoms. The number of rotatable bonds is 8. The summed E-state index contributed by atoms with van der Waals surface area (Å²) in [6.45, 7) is 8.83. The van der Waals surface area contributed by atoms with Crippen LogP contribution in [0.4, 0.5) is 8.78 Å². The first-order chi connectivity index (χ1) is 14.0. The Labute approximate surface area is 173 Å². The van der Waals surface area contributed by atoms with E-state index in [-0.39, 0.29) is 23.2 Å². The Hall–Kier alpha value is -0.820. The molecule has 164 valence electrons. The summed E-state index contributed by atoms with van der Waals surface area (Å²) in [5.41, 5.74) is 1.72. The Bertz CT molecular complexity index is 653. The van der Waals surface area contributed by atoms with E-state index in [1.807, 2.05) is 0 Å². The average molecular weight is 411 g/mol. The zero-order valence-corrected chi connectivity index (χ0v) is 18.0. The zero-order valence-electron chi connectivity index (χ0n) is 18.0. The van der Waals surface area contributed by atoms with Gasteiger partial charge in [-0.05, 0) is 83.0 Å². The summed E-state index contributed by atoms with van der Waals surface area (Å²) >= 11 is 0. The van der Waals surface area contributed by atoms with Gasteiger partial charge in [0.15, 0.2) is 0 Å². The van der Waals surface area contributed by atoms with Crippen LogP contribution in [0.2, 0.25) is 0 Å². The molecular formula is C23H36F2N2O2. The summed E-state index contributed by atoms with van der Waals surface area (Å²) in [7, 11) is 0. The lowest BCUT2D eigenvalue weighted by Crippen LogP contribution is -2.46. The van der Waals surface area contributed by atoms with E-state index in [9.17, 15) is 8.78 Å². The van der Waals surface area contributed by atoms with Gasteiger partial charge in [0.05, 0.1) is 32.0 Å². The van der Waals surface area contributed by atoms with Crippen molar-refractivity contribution in [3.05, 3.63) is 23.8 Å². The fraction of sp³-hybridized carbons (Fsp3) is 0.826. The van der Waals surface area contributed by atoms with E-state index in [0.717, 1.165) is 88.4 Å². The van der Waals surface area contributed by atoms with Crippen molar-refractivity contribution < 1.29 is 18.3 Å². The van der Waals surface area contributed by atoms with E-state index in [4.69, 9.17) is 9.47 Å². The summed E-state index contributed by atoms with van der Waals surface area (Å²) in [4.78, 5) is 4.86. The third kappa shape index (κ3) is 4.06. The van der Waals surface area contributed by atoms with E-state index in [0.29, 0.717) is 19.8 Å². The Balaban J connectivity index is 1.33. The van der Waals surface area contributed by atoms with Gasteiger partial charge in [-0.15, -0.1) is 0 Å². The van der Waals surface area contributed by atoms with Crippen molar-refractivity contribution in [3.8, 4) is 0 Å². The maximum atomic E-state index is 13.7. The van der Waals surface area contributed by atoms with Crippen LogP contribution in [-0.4, -0.2) is 72.5 Å². The van der Waals surface area contributed by atoms with Crippen LogP contribution in [0.15, 0.2) is 23.8 Å². The first kappa shape index (κ1) is 21.4. The van der Waals surface area contributed by atoms with Crippen LogP contribution in [0, 0.1) is 0 Å². The van der Waals surface area contributed by atoms with Crippen LogP contribution in [0.5, 0.6) is 0 Å². The lowest BCUT2D eigenvalue weighted by Gasteiger charge is -2.35. The van der Waals surface area contributed by atoms with Gasteiger partial charge in [-0.2, -0.15) is 0 Å². The summed E-state index contributed by atoms with van der Waals surface area (Å²) in [6.07, 6.45) is 8.61. The van der Waals surface area contributed by atoms with Crippen molar-refractivity contribution in [1.82, 2.24) is 9.80 Å². The molecule has 0 N–H and O–H groups in total. The third-order valence-electron chi connectivity index (χ3n) is 7.57. The number of halogens is 2. The molecule has 0 aliphatic carbocycles. The monoisotopic (exact) mass is 410 g/mol. The smallest absolute Gasteiger partial charge is 0.0875 e. The number of ether oxygens (including phenoxy) is 2. The third-order valence-corrected chi connectivity index (χ3v) is 7.57. The highest BCUT2D eigenvalue weighted by Gasteiger charge is 2.52. The predicted octanol–water partition coefficient (Wildman–Crippen LogP) is 4.37. The summed E-state index contributed by atoms with van der Waals surface area (Å²) in [5.74, 6) is 0. The van der Waals surface area contributed by atoms with E-state index in [2.05, 4.69) is 23.6 Å². The Morgan fingerprint density at radius 3 is 2.62 bits per heavy atom. The van der Waals surface area contributed by atoms with Crippen molar-refractivity contribution in [2.24, 2.45) is 0 Å². The predicted molar refractivity (Wildman–Crippen MR) is 110 cm³/mol. The van der Waals surface area contributed by atoms with Crippen LogP contribution < -0.4 is 0 Å². The van der Waals surface area contributed by atoms with E-state index in [1.165, 1.54) is 0 Å². The minimum atomic E-state index is -0.0416. The fourth-order valence-electron chi connectivity index (χ4n) is 6.22. The minimum absolute atomic E-state index is 0.0190. The first-order valence-electron chi connectivity index (χ1n) is 11.3. The van der Waals surface area contributed by atoms with Crippen LogP contribution in [0.25, 0.3) is 0 Å². The number of hydrogen-bond acceptors (Lipinski definition) is 4. The topological polar surface area (TPSA) is 24.9 Å². The highest BCUT2D eigenvalue weighted by atomic mass is 19.1. The largest absolute Gasteiger partial charge is 0.379 e. The molecule has 0 amide bonds. The van der Waals surface area contributed by atoms with Gasteiger partial charge in [-0.25, -0.2) is 8.78 Å². The summed E-state index contributed by atoms with van der Waals surface area (Å²) in [6, 6.07) is 0.111. The second-order valence-electron chi connectivity index (χ2n) is 9.79. The van der Waals surface area contributed by atoms with Crippen LogP contribution >= 0.6 is 0 Å². The molecule has 0 aromatic rings. The molecule has 0 aromatic carbocycles. The second kappa shape index (κ2) is 8.74. The highest BCUT2D eigenvalue weighted by Crippen LogP contribution is 2.47. The SMILES string of the molecule is CC(C)OC[C@@]12CCCN1C(CCOC[C@@]13CCCN1C/C(=C\F)C3)/C(=C/F)C2. The molecule has 4 saturated heterocycles. The average Bonchev–Trinajstić information content (AvgIpc) is 3.41. The molecular weight excluding hydrogens is 374 g/mol. The van der Waals surface area contributed by atoms with Crippen molar-refractivity contribution >= 4 is 0 Å². The van der Waals surface area contributed by atoms with Gasteiger partial charge in [0.1, 0.15) is 0 Å². The van der Waals surface area contributed by atoms with Crippen LogP contribution in [0.1, 0.15) is 58.8 Å². The standard InChI is InChI=1S/C23H36F2N2O2/c1-18(2)29-17-23-7-4-9-27(23)21(20(12-23)14-25)5-10-28-16-22-6-3-8-26(22)15-19(11-22)13-24/h13-14,18,21H,3-12,15-17H2,1-2H3/b19-13-,20-14+/t21?,22-,23-/m0/s1. The van der Waals surface area contributed by atoms with Gasteiger partial charge in [-0.3, -0.25) is 9.80 Å². The van der Waals surface area contributed by atoms with Gasteiger partial charge in [0, 0.05) is 30.3 Å². The van der Waals surface area contributed by atoms with Gasteiger partial charge in [-0.1, -0.05) is 0 Å². The molecule has 4 aliphatic rings. The molecule has 29 heavy (non-hydrogen) atoms. The van der Waals surface area contributed by atoms with Crippen LogP contribution in [-0.2, 0) is 9.47 Å². The molecule has 1 unspecified atom stereocenters. The van der Waals surface area contributed by atoms with Crippen LogP contribution in [0.3, 0.4) is 0 Å². The number of hydrogen-bond donors (Lipinski definition) is 0. The van der Waals surface area contributed by atoms with E-state index >= 15 is 0 Å². The van der Waals surface area contributed by atoms with Gasteiger partial charge < -0.3 is 9.47 Å². The first-order valence-corrected chi connectivity index (χ1v) is 11.3. The van der Waals surface area contributed by atoms with Gasteiger partial charge in [0.25, 0.3) is 0 Å². The zero-order chi connectivity index (χ0) is 20.5. The molecule has 0 aromatic heterocycles. The van der Waals surface area contributed by atoms with E-state index < -0.39 is 0 Å². The molecule has 4 nitrogen and oxygen atoms in total. The Morgan fingerprint density at radius 2 is 1.86 bits per heavy atom. The molecule has 3 atom stereocenters. The fourth-order valence-corrected chi connectivity index (χ4v) is 6.22. The lowest BCUT2D eigenvalue weighted by atomic mass is 9.93. The molecule has 0 spiro atoms. The molecule has 4 heterocycles. The molecule has 0 radical (unpaired) electrons. The maximum Gasteiger partial charge on any atom is 0.0875 e. The van der Waals surface area contributed by atoms with Crippen molar-refractivity contribution in [2.45, 2.75) is 82.0 Å². The van der Waals surface area contributed by atoms with Crippen molar-refractivity contribution in [3.63, 3.8) is 0 Å². The summed E-state index contributed by atoms with van der Waals surface area (Å²) < 4.78 is 38.9. The number of nitrogens with zero attached hydrogens (tertiary/aromatic N) is 2. The maximum absolute atomic E-state index is 13.7. The highest BCUT2D eigenvalue weighted by molar-refractivity contribution is 5.25. The Kier molecular flexibility index (Phi) is 6.45. The second-order valence-corrected chi connectivity index (χ2v) is 9.79. The Morgan fingerprint density at radius 1 is 1.07 bits per heavy atom. The minimum Gasteiger partial charge on any atom is -0.379 e. The van der Waals surface area contributed by atoms with Crippen molar-refractivity contribution in [2.75, 3.05) is 39.5 Å². The molecule has 4 aliphatic heterocycles. The normalized spacial score (nSPS) is 38.0. The van der Waals surface area contributed by atoms with Gasteiger partial charge >= 0.3 is 0 Å². The molecule has 0 saturated carbocycles.